The van der Waals surface area contributed by atoms with Crippen LogP contribution in [0.5, 0.6) is 0 Å². The first-order chi connectivity index (χ1) is 14.8. The Morgan fingerprint density at radius 3 is 2.39 bits per heavy atom. The van der Waals surface area contributed by atoms with Gasteiger partial charge in [0.25, 0.3) is 23.4 Å². The number of aryl methyl sites for hydroxylation is 2. The molecule has 3 rings (SSSR count). The van der Waals surface area contributed by atoms with Gasteiger partial charge in [-0.25, -0.2) is 0 Å². The molecule has 9 nitrogen and oxygen atoms in total. The molecule has 31 heavy (non-hydrogen) atoms. The van der Waals surface area contributed by atoms with Crippen molar-refractivity contribution in [3.63, 3.8) is 0 Å². The fraction of sp³-hybridized carbons (Fsp3) is 0.318. The summed E-state index contributed by atoms with van der Waals surface area (Å²) in [5.41, 5.74) is 6.89. The predicted molar refractivity (Wildman–Crippen MR) is 113 cm³/mol. The largest absolute Gasteiger partial charge is 0.327 e. The first-order valence-electron chi connectivity index (χ1n) is 10.1. The maximum absolute atomic E-state index is 12.9. The van der Waals surface area contributed by atoms with Gasteiger partial charge in [0.05, 0.1) is 4.92 Å². The van der Waals surface area contributed by atoms with Crippen molar-refractivity contribution in [1.29, 1.82) is 0 Å². The number of hydrogen-bond acceptors (Lipinski definition) is 5. The third-order valence-corrected chi connectivity index (χ3v) is 5.38. The fourth-order valence-electron chi connectivity index (χ4n) is 3.61. The lowest BCUT2D eigenvalue weighted by molar-refractivity contribution is -0.385. The summed E-state index contributed by atoms with van der Waals surface area (Å²) in [6.45, 7) is 3.97. The first-order valence-corrected chi connectivity index (χ1v) is 10.1. The van der Waals surface area contributed by atoms with Crippen molar-refractivity contribution < 1.29 is 19.3 Å². The van der Waals surface area contributed by atoms with Gasteiger partial charge in [-0.2, -0.15) is 0 Å². The van der Waals surface area contributed by atoms with E-state index in [1.807, 2.05) is 19.1 Å². The minimum atomic E-state index is -0.731. The van der Waals surface area contributed by atoms with E-state index in [4.69, 9.17) is 0 Å². The number of rotatable bonds is 5. The van der Waals surface area contributed by atoms with E-state index < -0.39 is 22.8 Å². The number of likely N-dealkylation sites (tertiary alicyclic amines) is 1. The molecule has 0 radical (unpaired) electrons. The van der Waals surface area contributed by atoms with Gasteiger partial charge in [-0.1, -0.05) is 19.1 Å². The van der Waals surface area contributed by atoms with Crippen LogP contribution in [0.3, 0.4) is 0 Å². The lowest BCUT2D eigenvalue weighted by Crippen LogP contribution is -2.51. The van der Waals surface area contributed by atoms with E-state index >= 15 is 0 Å². The molecule has 1 heterocycles. The lowest BCUT2D eigenvalue weighted by atomic mass is 10.1. The monoisotopic (exact) mass is 424 g/mol. The highest BCUT2D eigenvalue weighted by Gasteiger charge is 2.35. The highest BCUT2D eigenvalue weighted by molar-refractivity contribution is 5.99. The quantitative estimate of drug-likeness (QED) is 0.564. The SMILES string of the molecule is CCc1ccc(C(=O)NNC(=O)C2CCCN2C(=O)c2ccc([N+](=O)[O-])c(C)c2)cc1. The van der Waals surface area contributed by atoms with Gasteiger partial charge in [-0.05, 0) is 56.0 Å². The van der Waals surface area contributed by atoms with Crippen LogP contribution in [0.2, 0.25) is 0 Å². The van der Waals surface area contributed by atoms with Crippen LogP contribution in [0.15, 0.2) is 42.5 Å². The highest BCUT2D eigenvalue weighted by Crippen LogP contribution is 2.24. The van der Waals surface area contributed by atoms with E-state index in [0.717, 1.165) is 12.0 Å². The van der Waals surface area contributed by atoms with Gasteiger partial charge >= 0.3 is 0 Å². The van der Waals surface area contributed by atoms with Gasteiger partial charge in [0.2, 0.25) is 0 Å². The molecule has 3 amide bonds. The van der Waals surface area contributed by atoms with Crippen molar-refractivity contribution in [3.8, 4) is 0 Å². The highest BCUT2D eigenvalue weighted by atomic mass is 16.6. The second kappa shape index (κ2) is 9.38. The predicted octanol–water partition coefficient (Wildman–Crippen LogP) is 2.53. The van der Waals surface area contributed by atoms with Crippen molar-refractivity contribution in [2.24, 2.45) is 0 Å². The molecule has 0 spiro atoms. The Morgan fingerprint density at radius 2 is 1.77 bits per heavy atom. The van der Waals surface area contributed by atoms with Gasteiger partial charge in [-0.15, -0.1) is 0 Å². The second-order valence-corrected chi connectivity index (χ2v) is 7.41. The summed E-state index contributed by atoms with van der Waals surface area (Å²) in [6.07, 6.45) is 1.96. The van der Waals surface area contributed by atoms with Crippen LogP contribution in [0.4, 0.5) is 5.69 Å². The molecule has 1 atom stereocenters. The summed E-state index contributed by atoms with van der Waals surface area (Å²) in [7, 11) is 0. The number of hydrogen-bond donors (Lipinski definition) is 2. The van der Waals surface area contributed by atoms with Crippen LogP contribution in [0.25, 0.3) is 0 Å². The summed E-state index contributed by atoms with van der Waals surface area (Å²) < 4.78 is 0. The van der Waals surface area contributed by atoms with Gasteiger partial charge < -0.3 is 4.90 Å². The Kier molecular flexibility index (Phi) is 6.64. The maximum Gasteiger partial charge on any atom is 0.272 e. The Morgan fingerprint density at radius 1 is 1.10 bits per heavy atom. The second-order valence-electron chi connectivity index (χ2n) is 7.41. The third-order valence-electron chi connectivity index (χ3n) is 5.38. The molecule has 1 fully saturated rings. The third kappa shape index (κ3) is 4.88. The van der Waals surface area contributed by atoms with Crippen LogP contribution in [-0.2, 0) is 11.2 Å². The summed E-state index contributed by atoms with van der Waals surface area (Å²) in [5.74, 6) is -1.31. The minimum absolute atomic E-state index is 0.0676. The molecule has 1 aliphatic rings. The number of carbonyl (C=O) groups excluding carboxylic acids is 3. The Labute approximate surface area is 179 Å². The molecule has 1 saturated heterocycles. The van der Waals surface area contributed by atoms with Crippen LogP contribution >= 0.6 is 0 Å². The summed E-state index contributed by atoms with van der Waals surface area (Å²) >= 11 is 0. The van der Waals surface area contributed by atoms with Crippen molar-refractivity contribution >= 4 is 23.4 Å². The maximum atomic E-state index is 12.9. The number of nitrogens with one attached hydrogen (secondary N) is 2. The topological polar surface area (TPSA) is 122 Å². The Hall–Kier alpha value is -3.75. The molecule has 0 aliphatic carbocycles. The fourth-order valence-corrected chi connectivity index (χ4v) is 3.61. The smallest absolute Gasteiger partial charge is 0.272 e. The van der Waals surface area contributed by atoms with Crippen molar-refractivity contribution in [2.75, 3.05) is 6.54 Å². The summed E-state index contributed by atoms with van der Waals surface area (Å²) in [5, 5.41) is 11.0. The molecule has 1 unspecified atom stereocenters. The average Bonchev–Trinajstić information content (AvgIpc) is 3.26. The first kappa shape index (κ1) is 21.9. The Balaban J connectivity index is 1.64. The number of benzene rings is 2. The van der Waals surface area contributed by atoms with E-state index in [-0.39, 0.29) is 17.2 Å². The van der Waals surface area contributed by atoms with E-state index in [9.17, 15) is 24.5 Å². The molecular weight excluding hydrogens is 400 g/mol. The van der Waals surface area contributed by atoms with E-state index in [2.05, 4.69) is 10.9 Å². The molecule has 0 bridgehead atoms. The number of nitro groups is 1. The molecule has 0 saturated carbocycles. The molecular formula is C22H24N4O5. The zero-order valence-corrected chi connectivity index (χ0v) is 17.4. The van der Waals surface area contributed by atoms with Crippen LogP contribution < -0.4 is 10.9 Å². The van der Waals surface area contributed by atoms with E-state index in [1.54, 1.807) is 19.1 Å². The lowest BCUT2D eigenvalue weighted by Gasteiger charge is -2.24. The van der Waals surface area contributed by atoms with Gasteiger partial charge in [0.15, 0.2) is 0 Å². The molecule has 1 aliphatic heterocycles. The van der Waals surface area contributed by atoms with Crippen LogP contribution in [0, 0.1) is 17.0 Å². The number of carbonyl (C=O) groups is 3. The van der Waals surface area contributed by atoms with Crippen molar-refractivity contribution in [2.45, 2.75) is 39.2 Å². The van der Waals surface area contributed by atoms with E-state index in [1.165, 1.54) is 23.1 Å². The zero-order chi connectivity index (χ0) is 22.5. The number of nitrogens with zero attached hydrogens (tertiary/aromatic N) is 2. The average molecular weight is 424 g/mol. The molecule has 0 aromatic heterocycles. The molecule has 2 aromatic rings. The number of hydrazine groups is 1. The Bertz CT molecular complexity index is 1020. The van der Waals surface area contributed by atoms with Crippen molar-refractivity contribution in [3.05, 3.63) is 74.8 Å². The van der Waals surface area contributed by atoms with Gasteiger partial charge in [0.1, 0.15) is 6.04 Å². The molecule has 162 valence electrons. The minimum Gasteiger partial charge on any atom is -0.327 e. The summed E-state index contributed by atoms with van der Waals surface area (Å²) in [6, 6.07) is 10.5. The zero-order valence-electron chi connectivity index (χ0n) is 17.4. The summed E-state index contributed by atoms with van der Waals surface area (Å²) in [4.78, 5) is 49.7. The standard InChI is InChI=1S/C22H24N4O5/c1-3-15-6-8-16(9-7-15)20(27)23-24-21(28)19-5-4-12-25(19)22(29)17-10-11-18(26(30)31)14(2)13-17/h6-11,13,19H,3-5,12H2,1-2H3,(H,23,27)(H,24,28). The van der Waals surface area contributed by atoms with Crippen LogP contribution in [0.1, 0.15) is 51.6 Å². The molecule has 2 N–H and O–H groups in total. The number of nitro benzene ring substituents is 1. The molecule has 9 heteroatoms. The van der Waals surface area contributed by atoms with E-state index in [0.29, 0.717) is 30.5 Å². The van der Waals surface area contributed by atoms with Gasteiger partial charge in [-0.3, -0.25) is 35.3 Å². The molecule has 2 aromatic carbocycles. The van der Waals surface area contributed by atoms with Crippen LogP contribution in [-0.4, -0.2) is 40.1 Å². The normalized spacial score (nSPS) is 15.4. The van der Waals surface area contributed by atoms with Gasteiger partial charge in [0, 0.05) is 29.3 Å². The number of amides is 3. The van der Waals surface area contributed by atoms with Crippen molar-refractivity contribution in [1.82, 2.24) is 15.8 Å².